The lowest BCUT2D eigenvalue weighted by Gasteiger charge is -2.30. The first-order valence-electron chi connectivity index (χ1n) is 9.37. The Morgan fingerprint density at radius 3 is 2.63 bits per heavy atom. The van der Waals surface area contributed by atoms with Crippen molar-refractivity contribution in [2.24, 2.45) is 0 Å². The van der Waals surface area contributed by atoms with Crippen LogP contribution in [0.15, 0.2) is 47.1 Å². The molecule has 0 spiro atoms. The van der Waals surface area contributed by atoms with E-state index in [4.69, 9.17) is 9.40 Å². The monoisotopic (exact) mass is 360 g/mol. The number of likely N-dealkylation sites (N-methyl/N-ethyl adjacent to an activating group) is 1. The van der Waals surface area contributed by atoms with E-state index >= 15 is 0 Å². The topological polar surface area (TPSA) is 59.5 Å². The van der Waals surface area contributed by atoms with Crippen LogP contribution in [0, 0.1) is 6.92 Å². The Morgan fingerprint density at radius 1 is 1.07 bits per heavy atom. The number of fused-ring (bicyclic) bond motifs is 3. The maximum atomic E-state index is 6.22. The molecule has 5 rings (SSSR count). The SMILES string of the molecule is Cc1cc(-c2ccccc2)nc2oc3c(N4CC[NH+](C)CC4)ncnc3c12. The lowest BCUT2D eigenvalue weighted by Crippen LogP contribution is -3.12. The van der Waals surface area contributed by atoms with Gasteiger partial charge in [0.1, 0.15) is 11.8 Å². The van der Waals surface area contributed by atoms with Crippen molar-refractivity contribution in [1.29, 1.82) is 0 Å². The third-order valence-electron chi connectivity index (χ3n) is 5.39. The summed E-state index contributed by atoms with van der Waals surface area (Å²) in [4.78, 5) is 17.7. The molecule has 1 aromatic carbocycles. The van der Waals surface area contributed by atoms with E-state index in [0.717, 1.165) is 65.3 Å². The van der Waals surface area contributed by atoms with Crippen LogP contribution in [0.4, 0.5) is 5.82 Å². The molecule has 0 amide bonds. The maximum Gasteiger partial charge on any atom is 0.230 e. The Morgan fingerprint density at radius 2 is 1.85 bits per heavy atom. The third kappa shape index (κ3) is 2.73. The number of pyridine rings is 1. The molecule has 3 aromatic heterocycles. The smallest absolute Gasteiger partial charge is 0.230 e. The van der Waals surface area contributed by atoms with Crippen molar-refractivity contribution < 1.29 is 9.32 Å². The van der Waals surface area contributed by atoms with Gasteiger partial charge in [0, 0.05) is 5.56 Å². The molecule has 0 saturated carbocycles. The number of hydrogen-bond acceptors (Lipinski definition) is 5. The normalized spacial score (nSPS) is 15.7. The second-order valence-corrected chi connectivity index (χ2v) is 7.29. The number of quaternary nitrogens is 1. The molecular weight excluding hydrogens is 338 g/mol. The zero-order chi connectivity index (χ0) is 18.4. The van der Waals surface area contributed by atoms with E-state index in [1.807, 2.05) is 18.2 Å². The lowest BCUT2D eigenvalue weighted by molar-refractivity contribution is -0.880. The van der Waals surface area contributed by atoms with Crippen molar-refractivity contribution in [1.82, 2.24) is 15.0 Å². The largest absolute Gasteiger partial charge is 0.432 e. The van der Waals surface area contributed by atoms with Crippen LogP contribution in [0.3, 0.4) is 0 Å². The number of nitrogens with one attached hydrogen (secondary N) is 1. The molecule has 0 atom stereocenters. The zero-order valence-corrected chi connectivity index (χ0v) is 15.6. The van der Waals surface area contributed by atoms with Crippen LogP contribution in [0.5, 0.6) is 0 Å². The van der Waals surface area contributed by atoms with Crippen LogP contribution in [0.25, 0.3) is 33.5 Å². The van der Waals surface area contributed by atoms with Gasteiger partial charge in [-0.15, -0.1) is 0 Å². The highest BCUT2D eigenvalue weighted by atomic mass is 16.3. The van der Waals surface area contributed by atoms with Crippen LogP contribution in [-0.4, -0.2) is 48.2 Å². The van der Waals surface area contributed by atoms with Gasteiger partial charge in [0.15, 0.2) is 11.4 Å². The average Bonchev–Trinajstić information content (AvgIpc) is 3.08. The number of nitrogens with zero attached hydrogens (tertiary/aromatic N) is 4. The summed E-state index contributed by atoms with van der Waals surface area (Å²) >= 11 is 0. The number of aryl methyl sites for hydroxylation is 1. The minimum atomic E-state index is 0.630. The molecule has 0 unspecified atom stereocenters. The molecule has 1 aliphatic heterocycles. The Labute approximate surface area is 157 Å². The summed E-state index contributed by atoms with van der Waals surface area (Å²) in [5, 5.41) is 0.980. The second-order valence-electron chi connectivity index (χ2n) is 7.29. The first-order valence-corrected chi connectivity index (χ1v) is 9.37. The predicted octanol–water partition coefficient (Wildman–Crippen LogP) is 2.08. The number of hydrogen-bond donors (Lipinski definition) is 1. The molecule has 4 heterocycles. The molecule has 1 fully saturated rings. The number of anilines is 1. The van der Waals surface area contributed by atoms with E-state index in [-0.39, 0.29) is 0 Å². The van der Waals surface area contributed by atoms with Gasteiger partial charge in [0.2, 0.25) is 5.71 Å². The maximum absolute atomic E-state index is 6.22. The van der Waals surface area contributed by atoms with Crippen LogP contribution in [0.1, 0.15) is 5.56 Å². The number of piperazine rings is 1. The van der Waals surface area contributed by atoms with Crippen molar-refractivity contribution in [2.75, 3.05) is 38.1 Å². The Balaban J connectivity index is 1.68. The zero-order valence-electron chi connectivity index (χ0n) is 15.6. The standard InChI is InChI=1S/C21H21N5O/c1-14-12-16(15-6-4-3-5-7-15)24-21-17(14)18-19(27-21)20(23-13-22-18)26-10-8-25(2)9-11-26/h3-7,12-13H,8-11H2,1-2H3/p+1. The molecular formula is C21H22N5O+. The Bertz CT molecular complexity index is 1110. The van der Waals surface area contributed by atoms with Crippen molar-refractivity contribution in [3.05, 3.63) is 48.3 Å². The van der Waals surface area contributed by atoms with Gasteiger partial charge in [-0.3, -0.25) is 0 Å². The molecule has 1 saturated heterocycles. The summed E-state index contributed by atoms with van der Waals surface area (Å²) in [7, 11) is 2.23. The molecule has 4 aromatic rings. The molecule has 1 N–H and O–H groups in total. The summed E-state index contributed by atoms with van der Waals surface area (Å²) in [5.41, 5.74) is 5.34. The highest BCUT2D eigenvalue weighted by Gasteiger charge is 2.24. The molecule has 136 valence electrons. The van der Waals surface area contributed by atoms with Gasteiger partial charge in [0.05, 0.1) is 44.3 Å². The number of furan rings is 1. The van der Waals surface area contributed by atoms with Gasteiger partial charge < -0.3 is 14.2 Å². The summed E-state index contributed by atoms with van der Waals surface area (Å²) in [6.45, 7) is 6.22. The minimum absolute atomic E-state index is 0.630. The average molecular weight is 360 g/mol. The molecule has 6 nitrogen and oxygen atoms in total. The first-order chi connectivity index (χ1) is 13.2. The molecule has 0 radical (unpaired) electrons. The lowest BCUT2D eigenvalue weighted by atomic mass is 10.1. The fourth-order valence-electron chi connectivity index (χ4n) is 3.82. The number of rotatable bonds is 2. The van der Waals surface area contributed by atoms with Crippen molar-refractivity contribution in [2.45, 2.75) is 6.92 Å². The van der Waals surface area contributed by atoms with E-state index < -0.39 is 0 Å². The quantitative estimate of drug-likeness (QED) is 0.593. The van der Waals surface area contributed by atoms with E-state index in [0.29, 0.717) is 5.71 Å². The third-order valence-corrected chi connectivity index (χ3v) is 5.39. The summed E-state index contributed by atoms with van der Waals surface area (Å²) in [6.07, 6.45) is 1.64. The fourth-order valence-corrected chi connectivity index (χ4v) is 3.82. The highest BCUT2D eigenvalue weighted by Crippen LogP contribution is 2.35. The molecule has 27 heavy (non-hydrogen) atoms. The van der Waals surface area contributed by atoms with Crippen molar-refractivity contribution >= 4 is 28.0 Å². The van der Waals surface area contributed by atoms with Gasteiger partial charge >= 0.3 is 0 Å². The number of benzene rings is 1. The van der Waals surface area contributed by atoms with E-state index in [1.165, 1.54) is 0 Å². The van der Waals surface area contributed by atoms with Gasteiger partial charge in [-0.25, -0.2) is 15.0 Å². The number of aromatic nitrogens is 3. The minimum Gasteiger partial charge on any atom is -0.432 e. The summed E-state index contributed by atoms with van der Waals surface area (Å²) in [5.74, 6) is 0.881. The van der Waals surface area contributed by atoms with Gasteiger partial charge in [-0.2, -0.15) is 0 Å². The van der Waals surface area contributed by atoms with Gasteiger partial charge in [-0.1, -0.05) is 30.3 Å². The van der Waals surface area contributed by atoms with E-state index in [9.17, 15) is 0 Å². The predicted molar refractivity (Wildman–Crippen MR) is 106 cm³/mol. The Kier molecular flexibility index (Phi) is 3.79. The second kappa shape index (κ2) is 6.32. The molecule has 0 bridgehead atoms. The fraction of sp³-hybridized carbons (Fsp3) is 0.286. The summed E-state index contributed by atoms with van der Waals surface area (Å²) in [6, 6.07) is 12.3. The summed E-state index contributed by atoms with van der Waals surface area (Å²) < 4.78 is 6.22. The van der Waals surface area contributed by atoms with E-state index in [1.54, 1.807) is 11.2 Å². The molecule has 1 aliphatic rings. The molecule has 6 heteroatoms. The molecule has 0 aliphatic carbocycles. The van der Waals surface area contributed by atoms with Crippen LogP contribution in [-0.2, 0) is 0 Å². The van der Waals surface area contributed by atoms with Crippen LogP contribution < -0.4 is 9.80 Å². The van der Waals surface area contributed by atoms with Gasteiger partial charge in [-0.05, 0) is 18.6 Å². The van der Waals surface area contributed by atoms with E-state index in [2.05, 4.69) is 47.0 Å². The highest BCUT2D eigenvalue weighted by molar-refractivity contribution is 6.06. The van der Waals surface area contributed by atoms with Crippen molar-refractivity contribution in [3.8, 4) is 11.3 Å². The van der Waals surface area contributed by atoms with Crippen LogP contribution >= 0.6 is 0 Å². The van der Waals surface area contributed by atoms with Crippen molar-refractivity contribution in [3.63, 3.8) is 0 Å². The Hall–Kier alpha value is -2.99. The first kappa shape index (κ1) is 16.2. The van der Waals surface area contributed by atoms with Crippen LogP contribution in [0.2, 0.25) is 0 Å². The van der Waals surface area contributed by atoms with Gasteiger partial charge in [0.25, 0.3) is 0 Å².